The summed E-state index contributed by atoms with van der Waals surface area (Å²) in [5.74, 6) is -0.360. The van der Waals surface area contributed by atoms with Crippen LogP contribution in [0.1, 0.15) is 35.2 Å². The number of rotatable bonds is 6. The number of aromatic nitrogens is 2. The summed E-state index contributed by atoms with van der Waals surface area (Å²) in [5, 5.41) is 9.58. The molecule has 1 aromatic rings. The van der Waals surface area contributed by atoms with Gasteiger partial charge >= 0.3 is 11.9 Å². The number of carbonyl (C=O) groups excluding carboxylic acids is 1. The van der Waals surface area contributed by atoms with E-state index in [0.717, 1.165) is 0 Å². The third-order valence-corrected chi connectivity index (χ3v) is 3.38. The zero-order valence-corrected chi connectivity index (χ0v) is 11.9. The molecule has 104 valence electrons. The lowest BCUT2D eigenvalue weighted by atomic mass is 10.2. The van der Waals surface area contributed by atoms with Crippen molar-refractivity contribution in [2.75, 3.05) is 12.9 Å². The summed E-state index contributed by atoms with van der Waals surface area (Å²) in [6, 6.07) is 0. The molecule has 0 saturated carbocycles. The molecule has 0 saturated heterocycles. The maximum absolute atomic E-state index is 11.2. The predicted molar refractivity (Wildman–Crippen MR) is 70.5 cm³/mol. The Labute approximate surface area is 115 Å². The number of thioether (sulfide) groups is 1. The molecule has 1 heterocycles. The van der Waals surface area contributed by atoms with Crippen LogP contribution in [0.25, 0.3) is 0 Å². The minimum absolute atomic E-state index is 0.104. The summed E-state index contributed by atoms with van der Waals surface area (Å²) in [6.07, 6.45) is 0.843. The fourth-order valence-electron chi connectivity index (χ4n) is 1.44. The van der Waals surface area contributed by atoms with Crippen LogP contribution in [0.15, 0.2) is 5.03 Å². The molecule has 1 N–H and O–H groups in total. The van der Waals surface area contributed by atoms with Gasteiger partial charge in [0.05, 0.1) is 19.2 Å². The van der Waals surface area contributed by atoms with Gasteiger partial charge in [-0.1, -0.05) is 6.92 Å². The maximum Gasteiger partial charge on any atom is 0.340 e. The van der Waals surface area contributed by atoms with E-state index in [-0.39, 0.29) is 18.0 Å². The third-order valence-electron chi connectivity index (χ3n) is 2.41. The summed E-state index contributed by atoms with van der Waals surface area (Å²) in [4.78, 5) is 30.6. The number of hydrogen-bond donors (Lipinski definition) is 1. The number of hydrogen-bond acceptors (Lipinski definition) is 6. The molecule has 0 aromatic carbocycles. The van der Waals surface area contributed by atoms with Crippen LogP contribution in [0.2, 0.25) is 0 Å². The van der Waals surface area contributed by atoms with Gasteiger partial charge in [-0.3, -0.25) is 4.79 Å². The van der Waals surface area contributed by atoms with Crippen LogP contribution in [0.4, 0.5) is 0 Å². The van der Waals surface area contributed by atoms with Crippen molar-refractivity contribution in [3.05, 3.63) is 17.1 Å². The summed E-state index contributed by atoms with van der Waals surface area (Å²) >= 11 is 1.23. The highest BCUT2D eigenvalue weighted by Crippen LogP contribution is 2.23. The van der Waals surface area contributed by atoms with Gasteiger partial charge in [-0.05, 0) is 6.92 Å². The molecule has 0 aliphatic rings. The number of carboxylic acid groups (broad SMARTS) is 1. The molecule has 1 aromatic heterocycles. The molecule has 0 aliphatic carbocycles. The summed E-state index contributed by atoms with van der Waals surface area (Å²) in [5.41, 5.74) is 0.548. The van der Waals surface area contributed by atoms with Gasteiger partial charge in [0.25, 0.3) is 0 Å². The predicted octanol–water partition coefficient (Wildman–Crippen LogP) is 1.70. The van der Waals surface area contributed by atoms with Gasteiger partial charge in [-0.25, -0.2) is 14.8 Å². The van der Waals surface area contributed by atoms with Crippen molar-refractivity contribution in [2.24, 2.45) is 0 Å². The molecule has 0 spiro atoms. The van der Waals surface area contributed by atoms with Gasteiger partial charge in [-0.15, -0.1) is 11.8 Å². The second kappa shape index (κ2) is 7.08. The van der Waals surface area contributed by atoms with E-state index in [1.165, 1.54) is 18.9 Å². The third kappa shape index (κ3) is 4.20. The second-order valence-electron chi connectivity index (χ2n) is 3.74. The Morgan fingerprint density at radius 3 is 2.58 bits per heavy atom. The number of aromatic carboxylic acids is 1. The van der Waals surface area contributed by atoms with Crippen molar-refractivity contribution in [1.82, 2.24) is 9.97 Å². The average Bonchev–Trinajstić information content (AvgIpc) is 2.37. The average molecular weight is 284 g/mol. The number of esters is 1. The largest absolute Gasteiger partial charge is 0.478 e. The number of aryl methyl sites for hydroxylation is 2. The first-order chi connectivity index (χ1) is 8.99. The summed E-state index contributed by atoms with van der Waals surface area (Å²) in [6.45, 7) is 3.55. The van der Waals surface area contributed by atoms with Gasteiger partial charge in [0.1, 0.15) is 16.4 Å². The highest BCUT2D eigenvalue weighted by Gasteiger charge is 2.18. The normalized spacial score (nSPS) is 10.3. The van der Waals surface area contributed by atoms with E-state index in [1.807, 2.05) is 6.92 Å². The van der Waals surface area contributed by atoms with Crippen molar-refractivity contribution in [3.8, 4) is 0 Å². The van der Waals surface area contributed by atoms with E-state index in [9.17, 15) is 14.7 Å². The molecule has 7 heteroatoms. The quantitative estimate of drug-likeness (QED) is 0.483. The van der Waals surface area contributed by atoms with Crippen molar-refractivity contribution in [3.63, 3.8) is 0 Å². The topological polar surface area (TPSA) is 89.4 Å². The molecular formula is C12H16N2O4S. The van der Waals surface area contributed by atoms with Gasteiger partial charge < -0.3 is 9.84 Å². The van der Waals surface area contributed by atoms with Gasteiger partial charge in [0.2, 0.25) is 0 Å². The minimum Gasteiger partial charge on any atom is -0.478 e. The summed E-state index contributed by atoms with van der Waals surface area (Å²) in [7, 11) is 1.32. The van der Waals surface area contributed by atoms with E-state index < -0.39 is 5.97 Å². The van der Waals surface area contributed by atoms with E-state index in [4.69, 9.17) is 0 Å². The molecule has 0 atom stereocenters. The second-order valence-corrected chi connectivity index (χ2v) is 4.82. The fraction of sp³-hybridized carbons (Fsp3) is 0.500. The molecule has 0 fully saturated rings. The fourth-order valence-corrected chi connectivity index (χ4v) is 2.46. The highest BCUT2D eigenvalue weighted by molar-refractivity contribution is 7.99. The lowest BCUT2D eigenvalue weighted by Gasteiger charge is -2.09. The molecule has 0 bridgehead atoms. The lowest BCUT2D eigenvalue weighted by molar-refractivity contribution is -0.140. The Hall–Kier alpha value is -1.63. The van der Waals surface area contributed by atoms with E-state index in [1.54, 1.807) is 6.92 Å². The number of methoxy groups -OCH3 is 1. The van der Waals surface area contributed by atoms with Crippen molar-refractivity contribution in [1.29, 1.82) is 0 Å². The molecule has 0 unspecified atom stereocenters. The van der Waals surface area contributed by atoms with Crippen LogP contribution in [0, 0.1) is 6.92 Å². The number of nitrogens with zero attached hydrogens (tertiary/aromatic N) is 2. The lowest BCUT2D eigenvalue weighted by Crippen LogP contribution is -2.10. The summed E-state index contributed by atoms with van der Waals surface area (Å²) < 4.78 is 4.53. The first-order valence-electron chi connectivity index (χ1n) is 5.80. The smallest absolute Gasteiger partial charge is 0.340 e. The molecule has 1 rings (SSSR count). The van der Waals surface area contributed by atoms with Crippen molar-refractivity contribution < 1.29 is 19.4 Å². The maximum atomic E-state index is 11.2. The van der Waals surface area contributed by atoms with E-state index >= 15 is 0 Å². The minimum atomic E-state index is -1.05. The molecular weight excluding hydrogens is 268 g/mol. The molecule has 0 radical (unpaired) electrons. The Bertz CT molecular complexity index is 491. The highest BCUT2D eigenvalue weighted by atomic mass is 32.2. The first kappa shape index (κ1) is 15.4. The Morgan fingerprint density at radius 1 is 1.37 bits per heavy atom. The molecule has 19 heavy (non-hydrogen) atoms. The Balaban J connectivity index is 2.93. The van der Waals surface area contributed by atoms with Crippen LogP contribution in [-0.4, -0.2) is 39.9 Å². The van der Waals surface area contributed by atoms with Gasteiger partial charge in [0.15, 0.2) is 0 Å². The number of ether oxygens (including phenoxy) is 1. The van der Waals surface area contributed by atoms with Crippen LogP contribution in [0.5, 0.6) is 0 Å². The molecule has 6 nitrogen and oxygen atoms in total. The zero-order valence-electron chi connectivity index (χ0n) is 11.1. The van der Waals surface area contributed by atoms with Gasteiger partial charge in [-0.2, -0.15) is 0 Å². The zero-order chi connectivity index (χ0) is 14.4. The van der Waals surface area contributed by atoms with Crippen LogP contribution < -0.4 is 0 Å². The number of carbonyl (C=O) groups is 2. The van der Waals surface area contributed by atoms with Crippen LogP contribution >= 0.6 is 11.8 Å². The number of carboxylic acids is 1. The van der Waals surface area contributed by atoms with Crippen molar-refractivity contribution >= 4 is 23.7 Å². The first-order valence-corrected chi connectivity index (χ1v) is 6.78. The molecule has 0 amide bonds. The molecule has 0 aliphatic heterocycles. The van der Waals surface area contributed by atoms with Crippen LogP contribution in [-0.2, 0) is 16.0 Å². The van der Waals surface area contributed by atoms with Gasteiger partial charge in [0, 0.05) is 12.2 Å². The Morgan fingerprint density at radius 2 is 2.05 bits per heavy atom. The van der Waals surface area contributed by atoms with Crippen molar-refractivity contribution in [2.45, 2.75) is 31.7 Å². The monoisotopic (exact) mass is 284 g/mol. The van der Waals surface area contributed by atoms with Crippen LogP contribution in [0.3, 0.4) is 0 Å². The standard InChI is InChI=1S/C12H16N2O4S/c1-4-8-13-7(2)10(12(16)17)11(14-8)19-6-5-9(15)18-3/h4-6H2,1-3H3,(H,16,17). The Kier molecular flexibility index (Phi) is 5.75. The van der Waals surface area contributed by atoms with E-state index in [0.29, 0.717) is 28.7 Å². The SMILES string of the molecule is CCc1nc(C)c(C(=O)O)c(SCCC(=O)OC)n1. The van der Waals surface area contributed by atoms with E-state index in [2.05, 4.69) is 14.7 Å².